The molecule has 0 saturated carbocycles. The first-order chi connectivity index (χ1) is 10.3. The van der Waals surface area contributed by atoms with Gasteiger partial charge in [0.1, 0.15) is 18.4 Å². The van der Waals surface area contributed by atoms with Crippen LogP contribution in [0.2, 0.25) is 5.02 Å². The minimum Gasteiger partial charge on any atom is -0.506 e. The van der Waals surface area contributed by atoms with Gasteiger partial charge in [-0.3, -0.25) is 0 Å². The van der Waals surface area contributed by atoms with E-state index in [2.05, 4.69) is 15.4 Å². The number of aromatic nitrogens is 3. The Morgan fingerprint density at radius 3 is 2.81 bits per heavy atom. The van der Waals surface area contributed by atoms with Gasteiger partial charge in [0, 0.05) is 12.1 Å². The number of halogens is 1. The monoisotopic (exact) mass is 300 g/mol. The molecule has 0 amide bonds. The fourth-order valence-electron chi connectivity index (χ4n) is 2.05. The zero-order valence-corrected chi connectivity index (χ0v) is 11.8. The Bertz CT molecular complexity index is 743. The fourth-order valence-corrected chi connectivity index (χ4v) is 2.24. The summed E-state index contributed by atoms with van der Waals surface area (Å²) in [6.07, 6.45) is 3.12. The summed E-state index contributed by atoms with van der Waals surface area (Å²) in [5, 5.41) is 17.7. The van der Waals surface area contributed by atoms with Crippen LogP contribution in [0.4, 0.5) is 5.69 Å². The molecule has 106 valence electrons. The number of para-hydroxylation sites is 3. The second kappa shape index (κ2) is 5.85. The molecule has 3 rings (SSSR count). The van der Waals surface area contributed by atoms with E-state index in [1.807, 2.05) is 36.4 Å². The Morgan fingerprint density at radius 2 is 2.00 bits per heavy atom. The molecule has 6 heteroatoms. The summed E-state index contributed by atoms with van der Waals surface area (Å²) in [5.41, 5.74) is 2.51. The maximum absolute atomic E-state index is 9.93. The lowest BCUT2D eigenvalue weighted by molar-refractivity contribution is 0.469. The quantitative estimate of drug-likeness (QED) is 0.776. The molecule has 1 aromatic heterocycles. The Balaban J connectivity index is 1.85. The van der Waals surface area contributed by atoms with E-state index in [-0.39, 0.29) is 5.75 Å². The molecule has 21 heavy (non-hydrogen) atoms. The third-order valence-corrected chi connectivity index (χ3v) is 3.41. The van der Waals surface area contributed by atoms with E-state index in [1.165, 1.54) is 6.33 Å². The zero-order valence-electron chi connectivity index (χ0n) is 11.1. The van der Waals surface area contributed by atoms with E-state index in [0.29, 0.717) is 11.6 Å². The average Bonchev–Trinajstić information content (AvgIpc) is 3.03. The summed E-state index contributed by atoms with van der Waals surface area (Å²) in [5.74, 6) is 0.102. The highest BCUT2D eigenvalue weighted by molar-refractivity contribution is 6.32. The Hall–Kier alpha value is -2.53. The van der Waals surface area contributed by atoms with Crippen LogP contribution in [0.1, 0.15) is 5.56 Å². The topological polar surface area (TPSA) is 63.0 Å². The lowest BCUT2D eigenvalue weighted by Crippen LogP contribution is -2.05. The zero-order chi connectivity index (χ0) is 14.7. The van der Waals surface area contributed by atoms with Crippen molar-refractivity contribution in [2.24, 2.45) is 0 Å². The Kier molecular flexibility index (Phi) is 3.75. The molecule has 0 aliphatic rings. The number of rotatable bonds is 4. The molecule has 0 bridgehead atoms. The second-order valence-corrected chi connectivity index (χ2v) is 4.87. The summed E-state index contributed by atoms with van der Waals surface area (Å²) in [4.78, 5) is 3.95. The van der Waals surface area contributed by atoms with Gasteiger partial charge in [0.25, 0.3) is 0 Å². The first-order valence-corrected chi connectivity index (χ1v) is 6.78. The predicted molar refractivity (Wildman–Crippen MR) is 81.8 cm³/mol. The molecule has 1 heterocycles. The molecule has 2 N–H and O–H groups in total. The third kappa shape index (κ3) is 2.83. The molecule has 0 radical (unpaired) electrons. The first kappa shape index (κ1) is 13.5. The van der Waals surface area contributed by atoms with Gasteiger partial charge in [0.05, 0.1) is 16.4 Å². The van der Waals surface area contributed by atoms with Crippen molar-refractivity contribution in [3.8, 4) is 11.4 Å². The van der Waals surface area contributed by atoms with Gasteiger partial charge in [-0.2, -0.15) is 5.10 Å². The lowest BCUT2D eigenvalue weighted by atomic mass is 10.2. The first-order valence-electron chi connectivity index (χ1n) is 6.40. The molecule has 0 aliphatic heterocycles. The van der Waals surface area contributed by atoms with Crippen LogP contribution in [0.3, 0.4) is 0 Å². The van der Waals surface area contributed by atoms with E-state index in [0.717, 1.165) is 16.9 Å². The summed E-state index contributed by atoms with van der Waals surface area (Å²) >= 11 is 5.91. The molecule has 2 aromatic carbocycles. The van der Waals surface area contributed by atoms with E-state index in [4.69, 9.17) is 11.6 Å². The number of anilines is 1. The summed E-state index contributed by atoms with van der Waals surface area (Å²) in [6.45, 7) is 0.456. The third-order valence-electron chi connectivity index (χ3n) is 3.11. The predicted octanol–water partition coefficient (Wildman–Crippen LogP) is 3.24. The average molecular weight is 301 g/mol. The van der Waals surface area contributed by atoms with Crippen molar-refractivity contribution in [2.45, 2.75) is 6.54 Å². The molecule has 0 atom stereocenters. The lowest BCUT2D eigenvalue weighted by Gasteiger charge is -2.12. The number of phenols is 1. The van der Waals surface area contributed by atoms with Gasteiger partial charge in [-0.15, -0.1) is 0 Å². The number of phenolic OH excluding ortho intramolecular Hbond substituents is 1. The maximum atomic E-state index is 9.93. The van der Waals surface area contributed by atoms with Crippen LogP contribution >= 0.6 is 11.6 Å². The molecule has 0 fully saturated rings. The van der Waals surface area contributed by atoms with E-state index in [1.54, 1.807) is 17.1 Å². The normalized spacial score (nSPS) is 10.5. The second-order valence-electron chi connectivity index (χ2n) is 4.46. The molecule has 0 unspecified atom stereocenters. The number of hydrogen-bond donors (Lipinski definition) is 2. The van der Waals surface area contributed by atoms with Gasteiger partial charge in [0.2, 0.25) is 0 Å². The molecular formula is C15H13ClN4O. The van der Waals surface area contributed by atoms with Gasteiger partial charge in [-0.25, -0.2) is 9.67 Å². The van der Waals surface area contributed by atoms with Crippen molar-refractivity contribution in [3.63, 3.8) is 0 Å². The number of nitrogens with one attached hydrogen (secondary N) is 1. The standard InChI is InChI=1S/C15H13ClN4O/c16-12-5-3-4-11(15(12)21)8-18-13-6-1-2-7-14(13)20-10-17-9-19-20/h1-7,9-10,18,21H,8H2. The largest absolute Gasteiger partial charge is 0.506 e. The van der Waals surface area contributed by atoms with Crippen molar-refractivity contribution in [1.29, 1.82) is 0 Å². The Labute approximate surface area is 126 Å². The summed E-state index contributed by atoms with van der Waals surface area (Å²) in [6, 6.07) is 13.0. The van der Waals surface area contributed by atoms with Crippen LogP contribution in [-0.4, -0.2) is 19.9 Å². The highest BCUT2D eigenvalue weighted by Crippen LogP contribution is 2.28. The molecule has 3 aromatic rings. The van der Waals surface area contributed by atoms with Crippen molar-refractivity contribution in [1.82, 2.24) is 14.8 Å². The minimum absolute atomic E-state index is 0.102. The van der Waals surface area contributed by atoms with Crippen LogP contribution in [-0.2, 0) is 6.54 Å². The molecule has 5 nitrogen and oxygen atoms in total. The maximum Gasteiger partial charge on any atom is 0.139 e. The number of hydrogen-bond acceptors (Lipinski definition) is 4. The highest BCUT2D eigenvalue weighted by atomic mass is 35.5. The number of nitrogens with zero attached hydrogens (tertiary/aromatic N) is 3. The number of benzene rings is 2. The molecular weight excluding hydrogens is 288 g/mol. The smallest absolute Gasteiger partial charge is 0.139 e. The van der Waals surface area contributed by atoms with Crippen molar-refractivity contribution in [2.75, 3.05) is 5.32 Å². The van der Waals surface area contributed by atoms with Crippen LogP contribution in [0.5, 0.6) is 5.75 Å². The van der Waals surface area contributed by atoms with Crippen LogP contribution < -0.4 is 5.32 Å². The van der Waals surface area contributed by atoms with Gasteiger partial charge in [-0.05, 0) is 18.2 Å². The van der Waals surface area contributed by atoms with Crippen LogP contribution in [0.25, 0.3) is 5.69 Å². The molecule has 0 spiro atoms. The molecule has 0 aliphatic carbocycles. The SMILES string of the molecule is Oc1c(Cl)cccc1CNc1ccccc1-n1cncn1. The van der Waals surface area contributed by atoms with E-state index >= 15 is 0 Å². The van der Waals surface area contributed by atoms with Crippen molar-refractivity contribution >= 4 is 17.3 Å². The summed E-state index contributed by atoms with van der Waals surface area (Å²) < 4.78 is 1.68. The number of aromatic hydroxyl groups is 1. The van der Waals surface area contributed by atoms with Crippen LogP contribution in [0, 0.1) is 0 Å². The van der Waals surface area contributed by atoms with Crippen molar-refractivity contribution < 1.29 is 5.11 Å². The fraction of sp³-hybridized carbons (Fsp3) is 0.0667. The Morgan fingerprint density at radius 1 is 1.14 bits per heavy atom. The summed E-state index contributed by atoms with van der Waals surface area (Å²) in [7, 11) is 0. The van der Waals surface area contributed by atoms with Gasteiger partial charge >= 0.3 is 0 Å². The highest BCUT2D eigenvalue weighted by Gasteiger charge is 2.07. The van der Waals surface area contributed by atoms with E-state index < -0.39 is 0 Å². The van der Waals surface area contributed by atoms with Crippen LogP contribution in [0.15, 0.2) is 55.1 Å². The van der Waals surface area contributed by atoms with Crippen molar-refractivity contribution in [3.05, 3.63) is 65.7 Å². The minimum atomic E-state index is 0.102. The van der Waals surface area contributed by atoms with Gasteiger partial charge in [0.15, 0.2) is 0 Å². The van der Waals surface area contributed by atoms with Gasteiger partial charge < -0.3 is 10.4 Å². The van der Waals surface area contributed by atoms with E-state index in [9.17, 15) is 5.11 Å². The van der Waals surface area contributed by atoms with Gasteiger partial charge in [-0.1, -0.05) is 35.9 Å². The molecule has 0 saturated heterocycles.